The summed E-state index contributed by atoms with van der Waals surface area (Å²) < 4.78 is 0. The predicted molar refractivity (Wildman–Crippen MR) is 93.9 cm³/mol. The van der Waals surface area contributed by atoms with E-state index in [9.17, 15) is 10.2 Å². The number of hydrogen-bond donors (Lipinski definition) is 2. The first-order chi connectivity index (χ1) is 9.37. The molecular formula is C19H30O2. The molecule has 0 spiro atoms. The molecule has 0 aliphatic carbocycles. The molecule has 0 aliphatic rings. The molecule has 21 heavy (non-hydrogen) atoms. The molecule has 0 fully saturated rings. The molecule has 0 unspecified atom stereocenters. The fourth-order valence-corrected chi connectivity index (χ4v) is 1.55. The minimum Gasteiger partial charge on any atom is -0.508 e. The van der Waals surface area contributed by atoms with Crippen molar-refractivity contribution in [1.29, 1.82) is 0 Å². The highest BCUT2D eigenvalue weighted by molar-refractivity contribution is 5.41. The molecule has 2 nitrogen and oxygen atoms in total. The molecule has 0 saturated heterocycles. The number of benzene rings is 1. The van der Waals surface area contributed by atoms with E-state index < -0.39 is 0 Å². The van der Waals surface area contributed by atoms with Gasteiger partial charge in [0.15, 0.2) is 0 Å². The first-order valence-electron chi connectivity index (χ1n) is 6.90. The SMILES string of the molecule is C.C=C(/C=C\C(O)=C/C)C(C)(C)c1ccc(O)cc1.CC. The first-order valence-corrected chi connectivity index (χ1v) is 6.90. The van der Waals surface area contributed by atoms with Crippen LogP contribution < -0.4 is 0 Å². The Balaban J connectivity index is 0. The summed E-state index contributed by atoms with van der Waals surface area (Å²) >= 11 is 0. The standard InChI is InChI=1S/C16H20O2.C2H6.CH4/c1-5-14(17)9-6-12(2)16(3,4)13-7-10-15(18)11-8-13;1-2;/h5-11,17-18H,2H2,1,3-4H3;1-2H3;1H4/b9-6-,14-5+;;. The fraction of sp³-hybridized carbons (Fsp3) is 0.368. The van der Waals surface area contributed by atoms with Gasteiger partial charge in [0.2, 0.25) is 0 Å². The zero-order chi connectivity index (χ0) is 15.8. The van der Waals surface area contributed by atoms with Gasteiger partial charge in [-0.1, -0.05) is 59.9 Å². The van der Waals surface area contributed by atoms with Crippen molar-refractivity contribution in [3.63, 3.8) is 0 Å². The Morgan fingerprint density at radius 1 is 1.10 bits per heavy atom. The maximum atomic E-state index is 9.38. The molecule has 0 bridgehead atoms. The molecule has 2 heteroatoms. The van der Waals surface area contributed by atoms with E-state index in [-0.39, 0.29) is 24.4 Å². The number of allylic oxidation sites excluding steroid dienone is 4. The van der Waals surface area contributed by atoms with E-state index >= 15 is 0 Å². The van der Waals surface area contributed by atoms with Crippen molar-refractivity contribution in [3.8, 4) is 5.75 Å². The van der Waals surface area contributed by atoms with Crippen molar-refractivity contribution in [2.45, 2.75) is 47.5 Å². The molecular weight excluding hydrogens is 260 g/mol. The van der Waals surface area contributed by atoms with Gasteiger partial charge in [-0.15, -0.1) is 0 Å². The number of phenolic OH excluding ortho intramolecular Hbond substituents is 1. The number of aliphatic hydroxyl groups excluding tert-OH is 1. The van der Waals surface area contributed by atoms with E-state index in [0.29, 0.717) is 0 Å². The Bertz CT molecular complexity index is 477. The zero-order valence-electron chi connectivity index (χ0n) is 13.1. The molecule has 1 aromatic rings. The highest BCUT2D eigenvalue weighted by Crippen LogP contribution is 2.32. The molecule has 1 rings (SSSR count). The molecule has 0 amide bonds. The van der Waals surface area contributed by atoms with Crippen LogP contribution >= 0.6 is 0 Å². The lowest BCUT2D eigenvalue weighted by Gasteiger charge is -2.26. The van der Waals surface area contributed by atoms with Gasteiger partial charge in [-0.3, -0.25) is 0 Å². The van der Waals surface area contributed by atoms with Crippen LogP contribution in [0, 0.1) is 0 Å². The Morgan fingerprint density at radius 3 is 2.00 bits per heavy atom. The normalized spacial score (nSPS) is 11.4. The molecule has 0 atom stereocenters. The molecule has 1 aromatic carbocycles. The van der Waals surface area contributed by atoms with Crippen LogP contribution in [0.3, 0.4) is 0 Å². The van der Waals surface area contributed by atoms with E-state index in [4.69, 9.17) is 0 Å². The van der Waals surface area contributed by atoms with Crippen LogP contribution in [0.15, 0.2) is 60.4 Å². The largest absolute Gasteiger partial charge is 0.508 e. The van der Waals surface area contributed by atoms with Crippen molar-refractivity contribution in [3.05, 3.63) is 66.0 Å². The maximum Gasteiger partial charge on any atom is 0.115 e. The van der Waals surface area contributed by atoms with Gasteiger partial charge < -0.3 is 10.2 Å². The molecule has 2 N–H and O–H groups in total. The summed E-state index contributed by atoms with van der Waals surface area (Å²) in [5.41, 5.74) is 1.70. The minimum absolute atomic E-state index is 0. The lowest BCUT2D eigenvalue weighted by molar-refractivity contribution is 0.431. The predicted octanol–water partition coefficient (Wildman–Crippen LogP) is 5.91. The lowest BCUT2D eigenvalue weighted by Crippen LogP contribution is -2.18. The smallest absolute Gasteiger partial charge is 0.115 e. The monoisotopic (exact) mass is 290 g/mol. The minimum atomic E-state index is -0.252. The second kappa shape index (κ2) is 9.87. The molecule has 0 heterocycles. The number of aliphatic hydroxyl groups is 1. The van der Waals surface area contributed by atoms with Crippen LogP contribution in [-0.4, -0.2) is 10.2 Å². The van der Waals surface area contributed by atoms with Gasteiger partial charge in [0.05, 0.1) is 0 Å². The van der Waals surface area contributed by atoms with Crippen LogP contribution in [0.4, 0.5) is 0 Å². The quantitative estimate of drug-likeness (QED) is 0.535. The Kier molecular flexibility index (Phi) is 10.0. The molecule has 0 radical (unpaired) electrons. The third-order valence-electron chi connectivity index (χ3n) is 3.14. The van der Waals surface area contributed by atoms with Gasteiger partial charge in [-0.05, 0) is 42.3 Å². The van der Waals surface area contributed by atoms with E-state index in [1.165, 1.54) is 0 Å². The summed E-state index contributed by atoms with van der Waals surface area (Å²) in [4.78, 5) is 0. The van der Waals surface area contributed by atoms with Crippen LogP contribution in [-0.2, 0) is 5.41 Å². The highest BCUT2D eigenvalue weighted by atomic mass is 16.3. The Labute approximate surface area is 130 Å². The maximum absolute atomic E-state index is 9.38. The summed E-state index contributed by atoms with van der Waals surface area (Å²) in [5.74, 6) is 0.472. The van der Waals surface area contributed by atoms with E-state index in [2.05, 4.69) is 20.4 Å². The Hall–Kier alpha value is -1.96. The fourth-order valence-electron chi connectivity index (χ4n) is 1.55. The molecule has 0 aromatic heterocycles. The van der Waals surface area contributed by atoms with Crippen molar-refractivity contribution in [2.24, 2.45) is 0 Å². The van der Waals surface area contributed by atoms with Crippen LogP contribution in [0.5, 0.6) is 5.75 Å². The van der Waals surface area contributed by atoms with Crippen molar-refractivity contribution in [2.75, 3.05) is 0 Å². The summed E-state index contributed by atoms with van der Waals surface area (Å²) in [6.45, 7) is 13.9. The Morgan fingerprint density at radius 2 is 1.57 bits per heavy atom. The first kappa shape index (κ1) is 21.3. The number of phenols is 1. The van der Waals surface area contributed by atoms with Crippen molar-refractivity contribution >= 4 is 0 Å². The van der Waals surface area contributed by atoms with Gasteiger partial charge in [0.25, 0.3) is 0 Å². The summed E-state index contributed by atoms with van der Waals surface area (Å²) in [5, 5.41) is 18.7. The average molecular weight is 290 g/mol. The zero-order valence-corrected chi connectivity index (χ0v) is 13.1. The van der Waals surface area contributed by atoms with E-state index in [1.54, 1.807) is 31.2 Å². The summed E-state index contributed by atoms with van der Waals surface area (Å²) in [6, 6.07) is 7.09. The van der Waals surface area contributed by atoms with Gasteiger partial charge >= 0.3 is 0 Å². The van der Waals surface area contributed by atoms with Crippen molar-refractivity contribution < 1.29 is 10.2 Å². The topological polar surface area (TPSA) is 40.5 Å². The molecule has 0 saturated carbocycles. The van der Waals surface area contributed by atoms with E-state index in [0.717, 1.165) is 11.1 Å². The van der Waals surface area contributed by atoms with Crippen LogP contribution in [0.2, 0.25) is 0 Å². The van der Waals surface area contributed by atoms with Gasteiger partial charge in [0.1, 0.15) is 11.5 Å². The third-order valence-corrected chi connectivity index (χ3v) is 3.14. The number of aromatic hydroxyl groups is 1. The lowest BCUT2D eigenvalue weighted by atomic mass is 9.78. The third kappa shape index (κ3) is 6.35. The highest BCUT2D eigenvalue weighted by Gasteiger charge is 2.22. The molecule has 118 valence electrons. The number of rotatable bonds is 4. The van der Waals surface area contributed by atoms with Gasteiger partial charge in [0, 0.05) is 5.41 Å². The van der Waals surface area contributed by atoms with Crippen LogP contribution in [0.1, 0.15) is 47.6 Å². The summed E-state index contributed by atoms with van der Waals surface area (Å²) in [6.07, 6.45) is 5.06. The van der Waals surface area contributed by atoms with Gasteiger partial charge in [-0.2, -0.15) is 0 Å². The summed E-state index contributed by atoms with van der Waals surface area (Å²) in [7, 11) is 0. The van der Waals surface area contributed by atoms with Gasteiger partial charge in [-0.25, -0.2) is 0 Å². The second-order valence-corrected chi connectivity index (χ2v) is 4.74. The number of hydrogen-bond acceptors (Lipinski definition) is 2. The van der Waals surface area contributed by atoms with E-state index in [1.807, 2.05) is 32.1 Å². The van der Waals surface area contributed by atoms with Crippen molar-refractivity contribution in [1.82, 2.24) is 0 Å². The average Bonchev–Trinajstić information content (AvgIpc) is 2.46. The second-order valence-electron chi connectivity index (χ2n) is 4.74. The van der Waals surface area contributed by atoms with Crippen LogP contribution in [0.25, 0.3) is 0 Å². The molecule has 0 aliphatic heterocycles.